The summed E-state index contributed by atoms with van der Waals surface area (Å²) in [5, 5.41) is 91.7. The number of nitrogens with one attached hydrogen (secondary N) is 1. The number of hydrogen-bond donors (Lipinski definition) is 10. The van der Waals surface area contributed by atoms with E-state index in [0.29, 0.717) is 0 Å². The van der Waals surface area contributed by atoms with Gasteiger partial charge in [-0.25, -0.2) is 0 Å². The lowest BCUT2D eigenvalue weighted by Crippen LogP contribution is -2.65. The summed E-state index contributed by atoms with van der Waals surface area (Å²) in [4.78, 5) is 40.4. The van der Waals surface area contributed by atoms with Crippen molar-refractivity contribution in [2.24, 2.45) is 5.73 Å². The fraction of sp³-hybridized carbons (Fsp3) is 0.432. The average molecular weight is 769 g/mol. The summed E-state index contributed by atoms with van der Waals surface area (Å²) in [6.07, 6.45) is -15.0. The van der Waals surface area contributed by atoms with Crippen LogP contribution in [0.2, 0.25) is 0 Å². The van der Waals surface area contributed by atoms with Crippen LogP contribution in [0, 0.1) is 6.92 Å². The molecule has 11 atom stereocenters. The van der Waals surface area contributed by atoms with E-state index in [1.807, 2.05) is 0 Å². The predicted octanol–water partition coefficient (Wildman–Crippen LogP) is -0.716. The summed E-state index contributed by atoms with van der Waals surface area (Å²) < 4.78 is 28.8. The Bertz CT molecular complexity index is 2110. The fourth-order valence-corrected chi connectivity index (χ4v) is 7.99. The maximum absolute atomic E-state index is 13.9. The number of phenols is 3. The lowest BCUT2D eigenvalue weighted by Gasteiger charge is -2.47. The highest BCUT2D eigenvalue weighted by atomic mass is 16.7. The van der Waals surface area contributed by atoms with Gasteiger partial charge in [-0.2, -0.15) is 0 Å². The van der Waals surface area contributed by atoms with Gasteiger partial charge in [0.05, 0.1) is 42.6 Å². The zero-order valence-corrected chi connectivity index (χ0v) is 29.8. The normalized spacial score (nSPS) is 31.3. The van der Waals surface area contributed by atoms with Crippen molar-refractivity contribution in [2.75, 3.05) is 20.8 Å². The first-order valence-electron chi connectivity index (χ1n) is 17.2. The zero-order valence-electron chi connectivity index (χ0n) is 29.8. The Labute approximate surface area is 312 Å². The molecule has 0 unspecified atom stereocenters. The average Bonchev–Trinajstić information content (AvgIpc) is 3.13. The number of likely N-dealkylation sites (N-methyl/N-ethyl adjacent to an activating group) is 1. The molecule has 2 aliphatic carbocycles. The molecule has 3 aromatic carbocycles. The van der Waals surface area contributed by atoms with Crippen LogP contribution in [0.15, 0.2) is 24.3 Å². The molecule has 2 aliphatic heterocycles. The van der Waals surface area contributed by atoms with Crippen LogP contribution in [0.5, 0.6) is 23.0 Å². The minimum Gasteiger partial charge on any atom is -0.507 e. The number of primary amides is 1. The molecule has 3 aromatic rings. The van der Waals surface area contributed by atoms with Crippen LogP contribution in [0.25, 0.3) is 11.1 Å². The Morgan fingerprint density at radius 2 is 1.49 bits per heavy atom. The molecule has 0 spiro atoms. The molecule has 55 heavy (non-hydrogen) atoms. The van der Waals surface area contributed by atoms with E-state index in [-0.39, 0.29) is 56.9 Å². The number of ether oxygens (including phenoxy) is 5. The van der Waals surface area contributed by atoms with Gasteiger partial charge < -0.3 is 75.6 Å². The van der Waals surface area contributed by atoms with Crippen molar-refractivity contribution in [3.63, 3.8) is 0 Å². The molecule has 0 aromatic heterocycles. The molecule has 0 radical (unpaired) electrons. The molecule has 2 fully saturated rings. The van der Waals surface area contributed by atoms with E-state index in [1.54, 1.807) is 14.0 Å². The van der Waals surface area contributed by atoms with Gasteiger partial charge in [0.15, 0.2) is 24.1 Å². The van der Waals surface area contributed by atoms with Gasteiger partial charge in [-0.1, -0.05) is 6.07 Å². The number of rotatable bonds is 7. The van der Waals surface area contributed by atoms with E-state index in [2.05, 4.69) is 5.32 Å². The summed E-state index contributed by atoms with van der Waals surface area (Å²) in [7, 11) is 2.84. The van der Waals surface area contributed by atoms with Crippen molar-refractivity contribution in [1.29, 1.82) is 0 Å². The number of nitrogens with two attached hydrogens (primary N) is 1. The molecular weight excluding hydrogens is 728 g/mol. The molecule has 0 saturated carbocycles. The highest BCUT2D eigenvalue weighted by Crippen LogP contribution is 2.57. The maximum atomic E-state index is 13.9. The monoisotopic (exact) mass is 768 g/mol. The van der Waals surface area contributed by atoms with Crippen LogP contribution < -0.4 is 15.8 Å². The summed E-state index contributed by atoms with van der Waals surface area (Å²) in [6.45, 7) is 2.68. The van der Waals surface area contributed by atoms with Gasteiger partial charge in [0.1, 0.15) is 65.7 Å². The Kier molecular flexibility index (Phi) is 9.87. The summed E-state index contributed by atoms with van der Waals surface area (Å²) in [5.41, 5.74) is 2.96. The van der Waals surface area contributed by atoms with Crippen LogP contribution in [0.3, 0.4) is 0 Å². The number of amides is 1. The molecule has 18 nitrogen and oxygen atoms in total. The lowest BCUT2D eigenvalue weighted by atomic mass is 9.74. The molecule has 18 heteroatoms. The van der Waals surface area contributed by atoms with E-state index >= 15 is 0 Å². The fourth-order valence-electron chi connectivity index (χ4n) is 7.99. The minimum absolute atomic E-state index is 0.0376. The summed E-state index contributed by atoms with van der Waals surface area (Å²) >= 11 is 0. The standard InChI is InChI=1S/C37H40N2O16/c1-10-5-16-22(29(46)19(10)35(38)50)21-14(8-15-23(30(21)47)26(43)13-6-12(51-4)7-17(40)20(13)25(15)42)27(44)33(16)54-37-32(49)34(24(39-3)11(2)53-37)55-36-31(48)28(45)18(41)9-52-36/h5-8,11,18,24,27-28,31-34,36-37,39-41,44-49H,9H2,1-4H3,(H2,38,50)/t11-,18-,24+,27+,28+,31-,32-,33+,34+,36+,37+/m1/s1. The number of aliphatic hydroxyl groups excluding tert-OH is 5. The van der Waals surface area contributed by atoms with Crippen molar-refractivity contribution in [3.8, 4) is 34.1 Å². The molecule has 2 heterocycles. The van der Waals surface area contributed by atoms with Crippen LogP contribution in [0.1, 0.15) is 78.0 Å². The number of carbonyl (C=O) groups excluding carboxylic acids is 3. The SMILES string of the molecule is CN[C@@H]1[C@H](O[C@@H]2OC[C@@H](O)[C@H](O)[C@H]2O)[C@@H](O)[C@H](O[C@H]2c3cc(C)c(C(N)=O)c(O)c3-c3c(cc4c(c3O)C(=O)c3cc(OC)cc(O)c3C4=O)[C@@H]2O)O[C@@H]1C. The first kappa shape index (κ1) is 38.5. The van der Waals surface area contributed by atoms with E-state index in [4.69, 9.17) is 29.4 Å². The molecular formula is C37H40N2O16. The van der Waals surface area contributed by atoms with Gasteiger partial charge in [0.25, 0.3) is 5.91 Å². The number of aliphatic hydroxyl groups is 5. The molecule has 4 aliphatic rings. The third-order valence-electron chi connectivity index (χ3n) is 10.7. The second kappa shape index (κ2) is 14.1. The number of aryl methyl sites for hydroxylation is 1. The van der Waals surface area contributed by atoms with E-state index < -0.39 is 113 Å². The molecule has 0 bridgehead atoms. The number of hydrogen-bond acceptors (Lipinski definition) is 17. The second-order valence-corrected chi connectivity index (χ2v) is 14.0. The lowest BCUT2D eigenvalue weighted by molar-refractivity contribution is -0.339. The molecule has 2 saturated heterocycles. The highest BCUT2D eigenvalue weighted by Gasteiger charge is 2.51. The Morgan fingerprint density at radius 1 is 0.836 bits per heavy atom. The largest absolute Gasteiger partial charge is 0.507 e. The van der Waals surface area contributed by atoms with Gasteiger partial charge in [0.2, 0.25) is 0 Å². The van der Waals surface area contributed by atoms with Gasteiger partial charge >= 0.3 is 0 Å². The highest BCUT2D eigenvalue weighted by molar-refractivity contribution is 6.31. The van der Waals surface area contributed by atoms with Crippen LogP contribution in [0.4, 0.5) is 0 Å². The number of fused-ring (bicyclic) bond motifs is 5. The van der Waals surface area contributed by atoms with Crippen molar-refractivity contribution < 1.29 is 78.9 Å². The van der Waals surface area contributed by atoms with Gasteiger partial charge in [-0.15, -0.1) is 0 Å². The van der Waals surface area contributed by atoms with Crippen molar-refractivity contribution >= 4 is 17.5 Å². The van der Waals surface area contributed by atoms with Crippen molar-refractivity contribution in [3.05, 3.63) is 68.8 Å². The number of methoxy groups -OCH3 is 1. The number of benzene rings is 3. The first-order chi connectivity index (χ1) is 26.0. The van der Waals surface area contributed by atoms with E-state index in [1.165, 1.54) is 26.2 Å². The number of carbonyl (C=O) groups is 3. The maximum Gasteiger partial charge on any atom is 0.252 e. The van der Waals surface area contributed by atoms with E-state index in [0.717, 1.165) is 12.1 Å². The quantitative estimate of drug-likeness (QED) is 0.111. The Balaban J connectivity index is 1.34. The van der Waals surface area contributed by atoms with Crippen molar-refractivity contribution in [2.45, 2.75) is 81.3 Å². The topological polar surface area (TPSA) is 297 Å². The van der Waals surface area contributed by atoms with Crippen LogP contribution in [-0.2, 0) is 18.9 Å². The predicted molar refractivity (Wildman–Crippen MR) is 185 cm³/mol. The molecule has 11 N–H and O–H groups in total. The van der Waals surface area contributed by atoms with Crippen LogP contribution >= 0.6 is 0 Å². The number of aromatic hydroxyl groups is 3. The van der Waals surface area contributed by atoms with E-state index in [9.17, 15) is 55.2 Å². The minimum atomic E-state index is -1.82. The summed E-state index contributed by atoms with van der Waals surface area (Å²) in [5.74, 6) is -4.92. The molecule has 1 amide bonds. The second-order valence-electron chi connectivity index (χ2n) is 14.0. The molecule has 7 rings (SSSR count). The van der Waals surface area contributed by atoms with Gasteiger partial charge in [-0.05, 0) is 49.7 Å². The number of ketones is 2. The van der Waals surface area contributed by atoms with Crippen molar-refractivity contribution in [1.82, 2.24) is 5.32 Å². The molecule has 294 valence electrons. The zero-order chi connectivity index (χ0) is 39.9. The van der Waals surface area contributed by atoms with Crippen LogP contribution in [-0.4, -0.2) is 134 Å². The smallest absolute Gasteiger partial charge is 0.252 e. The van der Waals surface area contributed by atoms with Gasteiger partial charge in [-0.3, -0.25) is 14.4 Å². The third kappa shape index (κ3) is 5.93. The summed E-state index contributed by atoms with van der Waals surface area (Å²) in [6, 6.07) is 4.05. The Morgan fingerprint density at radius 3 is 2.15 bits per heavy atom. The first-order valence-corrected chi connectivity index (χ1v) is 17.2. The third-order valence-corrected chi connectivity index (χ3v) is 10.7. The number of phenolic OH excluding ortho intramolecular Hbond substituents is 2. The Hall–Kier alpha value is -4.73. The van der Waals surface area contributed by atoms with Gasteiger partial charge in [0, 0.05) is 28.3 Å².